The molecule has 3 amide bonds. The molecule has 3 aromatic rings. The SMILES string of the molecule is CCCN(CCC)C(=O)c1cc(C)cc(C(=O)N[C@@H](Cc2cc(F)cc(F)c2)[C@H](O)CCNC(=O)CCC(=O)c2ccccc2)c1. The van der Waals surface area contributed by atoms with E-state index in [1.54, 1.807) is 54.3 Å². The van der Waals surface area contributed by atoms with Crippen molar-refractivity contribution in [3.63, 3.8) is 0 Å². The van der Waals surface area contributed by atoms with Crippen LogP contribution in [-0.2, 0) is 11.2 Å². The molecular formula is C36H43F2N3O5. The molecule has 46 heavy (non-hydrogen) atoms. The van der Waals surface area contributed by atoms with Gasteiger partial charge in [-0.2, -0.15) is 0 Å². The molecule has 0 aliphatic carbocycles. The Hall–Kier alpha value is -4.44. The smallest absolute Gasteiger partial charge is 0.253 e. The van der Waals surface area contributed by atoms with E-state index in [9.17, 15) is 33.1 Å². The molecule has 8 nitrogen and oxygen atoms in total. The highest BCUT2D eigenvalue weighted by Gasteiger charge is 2.25. The second-order valence-electron chi connectivity index (χ2n) is 11.4. The maximum Gasteiger partial charge on any atom is 0.253 e. The Morgan fingerprint density at radius 3 is 2.09 bits per heavy atom. The van der Waals surface area contributed by atoms with Crippen LogP contribution in [0.1, 0.15) is 88.2 Å². The highest BCUT2D eigenvalue weighted by molar-refractivity contribution is 6.00. The van der Waals surface area contributed by atoms with Crippen molar-refractivity contribution in [1.29, 1.82) is 0 Å². The summed E-state index contributed by atoms with van der Waals surface area (Å²) in [6.45, 7) is 6.95. The first-order chi connectivity index (χ1) is 22.0. The van der Waals surface area contributed by atoms with Crippen molar-refractivity contribution in [2.45, 2.75) is 71.4 Å². The summed E-state index contributed by atoms with van der Waals surface area (Å²) in [6.07, 6.45) is 0.278. The van der Waals surface area contributed by atoms with Gasteiger partial charge in [-0.1, -0.05) is 44.2 Å². The monoisotopic (exact) mass is 635 g/mol. The first-order valence-electron chi connectivity index (χ1n) is 15.7. The minimum Gasteiger partial charge on any atom is -0.391 e. The van der Waals surface area contributed by atoms with Gasteiger partial charge in [0.25, 0.3) is 11.8 Å². The fourth-order valence-electron chi connectivity index (χ4n) is 5.24. The number of rotatable bonds is 17. The molecule has 10 heteroatoms. The Morgan fingerprint density at radius 1 is 0.826 bits per heavy atom. The molecule has 0 saturated heterocycles. The van der Waals surface area contributed by atoms with Crippen molar-refractivity contribution in [2.24, 2.45) is 0 Å². The number of carbonyl (C=O) groups is 4. The summed E-state index contributed by atoms with van der Waals surface area (Å²) in [5.41, 5.74) is 2.00. The van der Waals surface area contributed by atoms with E-state index >= 15 is 0 Å². The summed E-state index contributed by atoms with van der Waals surface area (Å²) < 4.78 is 28.0. The predicted octanol–water partition coefficient (Wildman–Crippen LogP) is 5.41. The lowest BCUT2D eigenvalue weighted by atomic mass is 9.97. The van der Waals surface area contributed by atoms with Gasteiger partial charge in [-0.3, -0.25) is 19.2 Å². The number of amides is 3. The number of nitrogens with one attached hydrogen (secondary N) is 2. The fourth-order valence-corrected chi connectivity index (χ4v) is 5.24. The normalized spacial score (nSPS) is 12.2. The van der Waals surface area contributed by atoms with Crippen LogP contribution in [0.15, 0.2) is 66.7 Å². The van der Waals surface area contributed by atoms with Crippen LogP contribution in [0.25, 0.3) is 0 Å². The molecule has 246 valence electrons. The highest BCUT2D eigenvalue weighted by atomic mass is 19.1. The molecule has 3 rings (SSSR count). The maximum absolute atomic E-state index is 14.0. The van der Waals surface area contributed by atoms with Crippen LogP contribution in [0.5, 0.6) is 0 Å². The van der Waals surface area contributed by atoms with Crippen molar-refractivity contribution in [3.8, 4) is 0 Å². The molecule has 0 fully saturated rings. The van der Waals surface area contributed by atoms with Gasteiger partial charge < -0.3 is 20.6 Å². The molecule has 0 heterocycles. The first kappa shape index (κ1) is 36.0. The second-order valence-corrected chi connectivity index (χ2v) is 11.4. The van der Waals surface area contributed by atoms with Crippen molar-refractivity contribution < 1.29 is 33.1 Å². The third-order valence-corrected chi connectivity index (χ3v) is 7.46. The van der Waals surface area contributed by atoms with E-state index in [2.05, 4.69) is 10.6 Å². The van der Waals surface area contributed by atoms with Crippen LogP contribution in [0.4, 0.5) is 8.78 Å². The Morgan fingerprint density at radius 2 is 1.46 bits per heavy atom. The Bertz CT molecular complexity index is 1470. The van der Waals surface area contributed by atoms with Crippen molar-refractivity contribution in [2.75, 3.05) is 19.6 Å². The zero-order valence-corrected chi connectivity index (χ0v) is 26.7. The minimum absolute atomic E-state index is 0.0155. The van der Waals surface area contributed by atoms with Crippen LogP contribution in [-0.4, -0.2) is 65.3 Å². The number of ketones is 1. The number of aliphatic hydroxyl groups is 1. The quantitative estimate of drug-likeness (QED) is 0.172. The molecule has 0 unspecified atom stereocenters. The van der Waals surface area contributed by atoms with Gasteiger partial charge in [0.2, 0.25) is 5.91 Å². The molecule has 0 bridgehead atoms. The average molecular weight is 636 g/mol. The lowest BCUT2D eigenvalue weighted by Gasteiger charge is -2.25. The summed E-state index contributed by atoms with van der Waals surface area (Å²) in [7, 11) is 0. The summed E-state index contributed by atoms with van der Waals surface area (Å²) in [5.74, 6) is -2.88. The number of aliphatic hydroxyl groups excluding tert-OH is 1. The summed E-state index contributed by atoms with van der Waals surface area (Å²) in [4.78, 5) is 53.1. The first-order valence-corrected chi connectivity index (χ1v) is 15.7. The molecule has 0 saturated carbocycles. The van der Waals surface area contributed by atoms with Crippen molar-refractivity contribution in [1.82, 2.24) is 15.5 Å². The molecule has 0 aromatic heterocycles. The molecule has 2 atom stereocenters. The van der Waals surface area contributed by atoms with Gasteiger partial charge in [0.15, 0.2) is 5.78 Å². The predicted molar refractivity (Wildman–Crippen MR) is 173 cm³/mol. The lowest BCUT2D eigenvalue weighted by molar-refractivity contribution is -0.121. The molecule has 0 aliphatic heterocycles. The van der Waals surface area contributed by atoms with E-state index in [1.165, 1.54) is 6.07 Å². The zero-order chi connectivity index (χ0) is 33.6. The van der Waals surface area contributed by atoms with Gasteiger partial charge in [-0.25, -0.2) is 8.78 Å². The maximum atomic E-state index is 14.0. The number of nitrogens with zero attached hydrogens (tertiary/aromatic N) is 1. The van der Waals surface area contributed by atoms with Crippen molar-refractivity contribution in [3.05, 3.63) is 106 Å². The Balaban J connectivity index is 1.70. The van der Waals surface area contributed by atoms with E-state index < -0.39 is 29.7 Å². The molecular weight excluding hydrogens is 592 g/mol. The van der Waals surface area contributed by atoms with E-state index in [4.69, 9.17) is 0 Å². The van der Waals surface area contributed by atoms with Gasteiger partial charge in [-0.15, -0.1) is 0 Å². The van der Waals surface area contributed by atoms with E-state index in [-0.39, 0.29) is 61.0 Å². The van der Waals surface area contributed by atoms with E-state index in [0.717, 1.165) is 31.0 Å². The van der Waals surface area contributed by atoms with Gasteiger partial charge in [0.1, 0.15) is 11.6 Å². The standard InChI is InChI=1S/C36H43F2N3O5/c1-4-15-41(16-5-2)36(46)28-18-24(3)17-27(22-28)35(45)40-31(21-25-19-29(37)23-30(38)20-25)33(43)13-14-39-34(44)12-11-32(42)26-9-7-6-8-10-26/h6-10,17-20,22-23,31,33,43H,4-5,11-16,21H2,1-3H3,(H,39,44)(H,40,45)/t31-,33+/m0/s1. The molecule has 3 aromatic carbocycles. The number of carbonyl (C=O) groups excluding carboxylic acids is 4. The molecule has 0 spiro atoms. The van der Waals surface area contributed by atoms with Crippen LogP contribution < -0.4 is 10.6 Å². The number of benzene rings is 3. The summed E-state index contributed by atoms with van der Waals surface area (Å²) in [6, 6.07) is 15.5. The molecule has 0 radical (unpaired) electrons. The van der Waals surface area contributed by atoms with Gasteiger partial charge in [-0.05, 0) is 74.1 Å². The largest absolute Gasteiger partial charge is 0.391 e. The zero-order valence-electron chi connectivity index (χ0n) is 26.7. The summed E-state index contributed by atoms with van der Waals surface area (Å²) >= 11 is 0. The van der Waals surface area contributed by atoms with Gasteiger partial charge >= 0.3 is 0 Å². The Kier molecular flexibility index (Phi) is 14.0. The second kappa shape index (κ2) is 17.9. The minimum atomic E-state index is -1.21. The van der Waals surface area contributed by atoms with Gasteiger partial charge in [0, 0.05) is 55.2 Å². The number of halogens is 2. The third-order valence-electron chi connectivity index (χ3n) is 7.46. The highest BCUT2D eigenvalue weighted by Crippen LogP contribution is 2.17. The van der Waals surface area contributed by atoms with E-state index in [1.807, 2.05) is 13.8 Å². The van der Waals surface area contributed by atoms with Crippen LogP contribution in [0.2, 0.25) is 0 Å². The van der Waals surface area contributed by atoms with Crippen LogP contribution in [0, 0.1) is 18.6 Å². The van der Waals surface area contributed by atoms with Crippen LogP contribution >= 0.6 is 0 Å². The molecule has 0 aliphatic rings. The summed E-state index contributed by atoms with van der Waals surface area (Å²) in [5, 5.41) is 16.6. The molecule has 3 N–H and O–H groups in total. The van der Waals surface area contributed by atoms with Crippen molar-refractivity contribution >= 4 is 23.5 Å². The Labute approximate surface area is 269 Å². The van der Waals surface area contributed by atoms with Gasteiger partial charge in [0.05, 0.1) is 12.1 Å². The lowest BCUT2D eigenvalue weighted by Crippen LogP contribution is -2.46. The topological polar surface area (TPSA) is 116 Å². The number of hydrogen-bond donors (Lipinski definition) is 3. The number of aryl methyl sites for hydroxylation is 1. The number of hydrogen-bond acceptors (Lipinski definition) is 5. The third kappa shape index (κ3) is 11.2. The van der Waals surface area contributed by atoms with E-state index in [0.29, 0.717) is 29.8 Å². The van der Waals surface area contributed by atoms with Crippen LogP contribution in [0.3, 0.4) is 0 Å². The number of Topliss-reactive ketones (excluding diaryl/α,β-unsaturated/α-hetero) is 1. The fraction of sp³-hybridized carbons (Fsp3) is 0.389. The average Bonchev–Trinajstić information content (AvgIpc) is 3.02.